The van der Waals surface area contributed by atoms with Crippen LogP contribution in [0.1, 0.15) is 43.9 Å². The summed E-state index contributed by atoms with van der Waals surface area (Å²) in [4.78, 5) is 69.8. The van der Waals surface area contributed by atoms with Crippen molar-refractivity contribution in [2.75, 3.05) is 0 Å². The van der Waals surface area contributed by atoms with E-state index in [0.29, 0.717) is 5.56 Å². The molecular weight excluding hydrogens is 674 g/mol. The highest BCUT2D eigenvalue weighted by atomic mass is 16.6. The van der Waals surface area contributed by atoms with Crippen LogP contribution in [0, 0.1) is 0 Å². The van der Waals surface area contributed by atoms with Gasteiger partial charge in [0.25, 0.3) is 0 Å². The number of carbonyl (C=O) groups excluding carboxylic acids is 4. The highest BCUT2D eigenvalue weighted by Gasteiger charge is 2.33. The number of amides is 3. The SMILES string of the molecule is CC(C)(C)OC(=O)[C@H](Cc1c[nH]c2ccccc12)NC(=O)[C@H](Cc1ccccc1)NC(=O)[C@H](CC(=O)O)NC(=O)[C@@H](N)Cc1cccc2ccccc12. The molecular formula is C41H45N5O7. The Kier molecular flexibility index (Phi) is 12.3. The molecule has 0 aliphatic rings. The molecule has 0 fully saturated rings. The fourth-order valence-electron chi connectivity index (χ4n) is 6.15. The number of benzene rings is 4. The van der Waals surface area contributed by atoms with E-state index < -0.39 is 65.8 Å². The minimum Gasteiger partial charge on any atom is -0.481 e. The molecule has 1 aromatic heterocycles. The Morgan fingerprint density at radius 1 is 0.679 bits per heavy atom. The van der Waals surface area contributed by atoms with Gasteiger partial charge in [-0.15, -0.1) is 0 Å². The topological polar surface area (TPSA) is 193 Å². The van der Waals surface area contributed by atoms with Crippen LogP contribution < -0.4 is 21.7 Å². The van der Waals surface area contributed by atoms with E-state index in [2.05, 4.69) is 20.9 Å². The predicted molar refractivity (Wildman–Crippen MR) is 202 cm³/mol. The molecule has 0 saturated carbocycles. The third-order valence-electron chi connectivity index (χ3n) is 8.69. The molecule has 0 aliphatic carbocycles. The number of nitrogens with two attached hydrogens (primary N) is 1. The summed E-state index contributed by atoms with van der Waals surface area (Å²) in [5, 5.41) is 20.4. The van der Waals surface area contributed by atoms with Gasteiger partial charge in [-0.2, -0.15) is 0 Å². The van der Waals surface area contributed by atoms with Crippen LogP contribution >= 0.6 is 0 Å². The lowest BCUT2D eigenvalue weighted by molar-refractivity contribution is -0.158. The molecule has 4 atom stereocenters. The maximum Gasteiger partial charge on any atom is 0.329 e. The predicted octanol–water partition coefficient (Wildman–Crippen LogP) is 3.95. The molecule has 0 unspecified atom stereocenters. The highest BCUT2D eigenvalue weighted by Crippen LogP contribution is 2.22. The van der Waals surface area contributed by atoms with E-state index in [1.54, 1.807) is 57.3 Å². The Balaban J connectivity index is 1.36. The Bertz CT molecular complexity index is 2080. The van der Waals surface area contributed by atoms with Crippen LogP contribution in [0.2, 0.25) is 0 Å². The summed E-state index contributed by atoms with van der Waals surface area (Å²) < 4.78 is 5.68. The first kappa shape index (κ1) is 38.2. The minimum absolute atomic E-state index is 0.000863. The minimum atomic E-state index is -1.56. The summed E-state index contributed by atoms with van der Waals surface area (Å²) in [6.07, 6.45) is 1.22. The number of aromatic nitrogens is 1. The van der Waals surface area contributed by atoms with E-state index in [-0.39, 0.29) is 19.3 Å². The molecule has 5 rings (SSSR count). The van der Waals surface area contributed by atoms with Crippen LogP contribution in [0.15, 0.2) is 103 Å². The number of rotatable bonds is 15. The van der Waals surface area contributed by atoms with Crippen molar-refractivity contribution < 1.29 is 33.8 Å². The molecule has 0 radical (unpaired) electrons. The van der Waals surface area contributed by atoms with Gasteiger partial charge in [-0.1, -0.05) is 91.0 Å². The summed E-state index contributed by atoms with van der Waals surface area (Å²) >= 11 is 0. The molecule has 0 aliphatic heterocycles. The maximum atomic E-state index is 14.1. The van der Waals surface area contributed by atoms with Crippen LogP contribution in [-0.4, -0.2) is 69.5 Å². The monoisotopic (exact) mass is 719 g/mol. The Hall–Kier alpha value is -6.01. The van der Waals surface area contributed by atoms with Gasteiger partial charge in [0, 0.05) is 29.9 Å². The van der Waals surface area contributed by atoms with Gasteiger partial charge in [0.05, 0.1) is 12.5 Å². The van der Waals surface area contributed by atoms with Gasteiger partial charge in [-0.3, -0.25) is 19.2 Å². The first-order valence-electron chi connectivity index (χ1n) is 17.4. The first-order chi connectivity index (χ1) is 25.3. The number of nitrogens with one attached hydrogen (secondary N) is 4. The van der Waals surface area contributed by atoms with Crippen LogP contribution in [0.3, 0.4) is 0 Å². The number of carboxylic acid groups (broad SMARTS) is 1. The van der Waals surface area contributed by atoms with E-state index in [0.717, 1.165) is 32.8 Å². The molecule has 4 aromatic carbocycles. The Morgan fingerprint density at radius 2 is 1.28 bits per heavy atom. The van der Waals surface area contributed by atoms with E-state index >= 15 is 0 Å². The lowest BCUT2D eigenvalue weighted by Crippen LogP contribution is -2.58. The molecule has 12 nitrogen and oxygen atoms in total. The normalized spacial score (nSPS) is 13.7. The smallest absolute Gasteiger partial charge is 0.329 e. The Morgan fingerprint density at radius 3 is 2.00 bits per heavy atom. The van der Waals surface area contributed by atoms with E-state index in [1.807, 2.05) is 66.7 Å². The number of hydrogen-bond acceptors (Lipinski definition) is 7. The molecule has 53 heavy (non-hydrogen) atoms. The zero-order valence-corrected chi connectivity index (χ0v) is 29.9. The number of ether oxygens (including phenoxy) is 1. The number of carboxylic acids is 1. The maximum absolute atomic E-state index is 14.1. The average molecular weight is 720 g/mol. The fourth-order valence-corrected chi connectivity index (χ4v) is 6.15. The van der Waals surface area contributed by atoms with Crippen molar-refractivity contribution in [1.29, 1.82) is 0 Å². The Labute approximate surface area is 307 Å². The summed E-state index contributed by atoms with van der Waals surface area (Å²) in [5.74, 6) is -4.35. The molecule has 276 valence electrons. The van der Waals surface area contributed by atoms with Gasteiger partial charge in [0.15, 0.2) is 0 Å². The quantitative estimate of drug-likeness (QED) is 0.0876. The molecule has 3 amide bonds. The van der Waals surface area contributed by atoms with Gasteiger partial charge in [0.1, 0.15) is 23.7 Å². The average Bonchev–Trinajstić information content (AvgIpc) is 3.53. The van der Waals surface area contributed by atoms with Crippen molar-refractivity contribution in [3.8, 4) is 0 Å². The number of hydrogen-bond donors (Lipinski definition) is 6. The lowest BCUT2D eigenvalue weighted by atomic mass is 9.98. The van der Waals surface area contributed by atoms with E-state index in [1.165, 1.54) is 0 Å². The van der Waals surface area contributed by atoms with Crippen LogP contribution in [-0.2, 0) is 48.0 Å². The zero-order chi connectivity index (χ0) is 38.1. The molecule has 1 heterocycles. The van der Waals surface area contributed by atoms with E-state index in [4.69, 9.17) is 10.5 Å². The lowest BCUT2D eigenvalue weighted by Gasteiger charge is -2.27. The van der Waals surface area contributed by atoms with Gasteiger partial charge < -0.3 is 36.5 Å². The van der Waals surface area contributed by atoms with Crippen LogP contribution in [0.5, 0.6) is 0 Å². The number of H-pyrrole nitrogens is 1. The van der Waals surface area contributed by atoms with Gasteiger partial charge in [-0.05, 0) is 60.7 Å². The van der Waals surface area contributed by atoms with E-state index in [9.17, 15) is 29.1 Å². The highest BCUT2D eigenvalue weighted by molar-refractivity contribution is 5.96. The number of carbonyl (C=O) groups is 5. The standard InChI is InChI=1S/C41H45N5O7/c1-41(2,3)53-40(52)35(22-28-24-43-32-19-10-9-18-30(28)32)46-38(50)33(20-25-12-5-4-6-13-25)45-39(51)34(23-36(47)48)44-37(49)31(42)21-27-16-11-15-26-14-7-8-17-29(26)27/h4-19,24,31,33-35,43H,20-23,42H2,1-3H3,(H,44,49)(H,45,51)(H,46,50)(H,47,48)/t31-,33-,34-,35-/m0/s1. The summed E-state index contributed by atoms with van der Waals surface area (Å²) in [6.45, 7) is 5.16. The summed E-state index contributed by atoms with van der Waals surface area (Å²) in [5.41, 5.74) is 8.56. The molecule has 12 heteroatoms. The van der Waals surface area contributed by atoms with Gasteiger partial charge in [0.2, 0.25) is 17.7 Å². The number of para-hydroxylation sites is 1. The van der Waals surface area contributed by atoms with Gasteiger partial charge >= 0.3 is 11.9 Å². The number of esters is 1. The second-order valence-corrected chi connectivity index (χ2v) is 14.0. The molecule has 7 N–H and O–H groups in total. The first-order valence-corrected chi connectivity index (χ1v) is 17.4. The van der Waals surface area contributed by atoms with Crippen LogP contribution in [0.25, 0.3) is 21.7 Å². The second-order valence-electron chi connectivity index (χ2n) is 14.0. The number of fused-ring (bicyclic) bond motifs is 2. The van der Waals surface area contributed by atoms with Crippen molar-refractivity contribution in [3.05, 3.63) is 120 Å². The largest absolute Gasteiger partial charge is 0.481 e. The molecule has 0 spiro atoms. The van der Waals surface area contributed by atoms with Crippen molar-refractivity contribution in [2.24, 2.45) is 5.73 Å². The summed E-state index contributed by atoms with van der Waals surface area (Å²) in [6, 6.07) is 24.7. The van der Waals surface area contributed by atoms with Crippen molar-refractivity contribution in [1.82, 2.24) is 20.9 Å². The third kappa shape index (κ3) is 10.5. The zero-order valence-electron chi connectivity index (χ0n) is 29.9. The van der Waals surface area contributed by atoms with Crippen molar-refractivity contribution in [3.63, 3.8) is 0 Å². The molecule has 0 saturated heterocycles. The van der Waals surface area contributed by atoms with Crippen molar-refractivity contribution >= 4 is 51.3 Å². The number of aromatic amines is 1. The second kappa shape index (κ2) is 17.0. The molecule has 0 bridgehead atoms. The van der Waals surface area contributed by atoms with Crippen molar-refractivity contribution in [2.45, 2.75) is 76.2 Å². The van der Waals surface area contributed by atoms with Crippen LogP contribution in [0.4, 0.5) is 0 Å². The van der Waals surface area contributed by atoms with Gasteiger partial charge in [-0.25, -0.2) is 4.79 Å². The number of aliphatic carboxylic acids is 1. The molecule has 5 aromatic rings. The summed E-state index contributed by atoms with van der Waals surface area (Å²) in [7, 11) is 0. The third-order valence-corrected chi connectivity index (χ3v) is 8.69. The fraction of sp³-hybridized carbons (Fsp3) is 0.293.